The van der Waals surface area contributed by atoms with E-state index >= 15 is 0 Å². The van der Waals surface area contributed by atoms with Crippen molar-refractivity contribution in [2.24, 2.45) is 0 Å². The van der Waals surface area contributed by atoms with E-state index in [0.717, 1.165) is 36.8 Å². The molecule has 2 aliphatic rings. The second kappa shape index (κ2) is 5.66. The van der Waals surface area contributed by atoms with Crippen LogP contribution in [-0.4, -0.2) is 51.0 Å². The van der Waals surface area contributed by atoms with Crippen molar-refractivity contribution in [3.63, 3.8) is 0 Å². The van der Waals surface area contributed by atoms with Gasteiger partial charge in [-0.15, -0.1) is 26.6 Å². The molecule has 0 saturated carbocycles. The molecule has 1 aliphatic carbocycles. The minimum absolute atomic E-state index is 0.493. The molecule has 7 nitrogen and oxygen atoms in total. The highest BCUT2D eigenvalue weighted by Gasteiger charge is 2.33. The van der Waals surface area contributed by atoms with E-state index in [-0.39, 0.29) is 0 Å². The molecule has 0 amide bonds. The SMILES string of the molecule is Cc1nnc2ccc(N3CC(N(C)c4nc5c(s4)CCCC5)C3)nn12. The van der Waals surface area contributed by atoms with E-state index in [0.29, 0.717) is 6.04 Å². The van der Waals surface area contributed by atoms with Gasteiger partial charge in [0, 0.05) is 25.0 Å². The number of hydrogen-bond donors (Lipinski definition) is 0. The lowest BCUT2D eigenvalue weighted by atomic mass is 10.0. The molecule has 0 unspecified atom stereocenters. The van der Waals surface area contributed by atoms with E-state index < -0.39 is 0 Å². The van der Waals surface area contributed by atoms with Crippen LogP contribution in [0.15, 0.2) is 12.1 Å². The van der Waals surface area contributed by atoms with Crippen molar-refractivity contribution in [1.82, 2.24) is 24.8 Å². The first kappa shape index (κ1) is 15.1. The number of nitrogens with zero attached hydrogens (tertiary/aromatic N) is 7. The Bertz CT molecular complexity index is 901. The Kier molecular flexibility index (Phi) is 3.41. The summed E-state index contributed by atoms with van der Waals surface area (Å²) in [4.78, 5) is 11.0. The van der Waals surface area contributed by atoms with Crippen molar-refractivity contribution in [3.8, 4) is 0 Å². The molecule has 0 N–H and O–H groups in total. The summed E-state index contributed by atoms with van der Waals surface area (Å²) in [7, 11) is 2.17. The van der Waals surface area contributed by atoms with Crippen LogP contribution >= 0.6 is 11.3 Å². The van der Waals surface area contributed by atoms with Crippen molar-refractivity contribution in [2.75, 3.05) is 29.9 Å². The third-order valence-corrected chi connectivity index (χ3v) is 6.52. The maximum atomic E-state index is 4.89. The Labute approximate surface area is 150 Å². The Morgan fingerprint density at radius 3 is 2.84 bits per heavy atom. The molecular weight excluding hydrogens is 334 g/mol. The summed E-state index contributed by atoms with van der Waals surface area (Å²) >= 11 is 1.88. The molecule has 1 aliphatic heterocycles. The van der Waals surface area contributed by atoms with Gasteiger partial charge < -0.3 is 9.80 Å². The molecule has 1 fully saturated rings. The molecule has 0 aromatic carbocycles. The molecule has 3 aromatic heterocycles. The zero-order chi connectivity index (χ0) is 17.0. The minimum atomic E-state index is 0.493. The van der Waals surface area contributed by atoms with Crippen LogP contribution in [0.3, 0.4) is 0 Å². The fraction of sp³-hybridized carbons (Fsp3) is 0.529. The van der Waals surface area contributed by atoms with E-state index in [1.165, 1.54) is 35.0 Å². The van der Waals surface area contributed by atoms with Gasteiger partial charge >= 0.3 is 0 Å². The van der Waals surface area contributed by atoms with Crippen molar-refractivity contribution < 1.29 is 0 Å². The van der Waals surface area contributed by atoms with E-state index in [9.17, 15) is 0 Å². The van der Waals surface area contributed by atoms with Crippen LogP contribution in [0.2, 0.25) is 0 Å². The molecule has 0 radical (unpaired) electrons. The van der Waals surface area contributed by atoms with E-state index in [1.807, 2.05) is 30.4 Å². The number of aryl methyl sites for hydroxylation is 3. The number of rotatable bonds is 3. The molecule has 1 saturated heterocycles. The summed E-state index contributed by atoms with van der Waals surface area (Å²) in [5.74, 6) is 1.80. The summed E-state index contributed by atoms with van der Waals surface area (Å²) < 4.78 is 1.81. The lowest BCUT2D eigenvalue weighted by Gasteiger charge is -2.44. The lowest BCUT2D eigenvalue weighted by Crippen LogP contribution is -2.59. The number of aromatic nitrogens is 5. The summed E-state index contributed by atoms with van der Waals surface area (Å²) in [5, 5.41) is 14.0. The van der Waals surface area contributed by atoms with E-state index in [1.54, 1.807) is 4.52 Å². The zero-order valence-electron chi connectivity index (χ0n) is 14.5. The fourth-order valence-corrected chi connectivity index (χ4v) is 4.77. The van der Waals surface area contributed by atoms with Crippen LogP contribution in [-0.2, 0) is 12.8 Å². The first-order chi connectivity index (χ1) is 12.2. The quantitative estimate of drug-likeness (QED) is 0.717. The third-order valence-electron chi connectivity index (χ3n) is 5.27. The third kappa shape index (κ3) is 2.47. The standard InChI is InChI=1S/C17H21N7S/c1-11-19-20-15-7-8-16(21-24(11)15)23-9-12(10-23)22(2)17-18-13-5-3-4-6-14(13)25-17/h7-8,12H,3-6,9-10H2,1-2H3. The smallest absolute Gasteiger partial charge is 0.185 e. The second-order valence-electron chi connectivity index (χ2n) is 6.95. The highest BCUT2D eigenvalue weighted by molar-refractivity contribution is 7.15. The van der Waals surface area contributed by atoms with Gasteiger partial charge in [-0.3, -0.25) is 0 Å². The average molecular weight is 355 g/mol. The highest BCUT2D eigenvalue weighted by atomic mass is 32.1. The molecule has 4 heterocycles. The van der Waals surface area contributed by atoms with Crippen molar-refractivity contribution in [1.29, 1.82) is 0 Å². The largest absolute Gasteiger partial charge is 0.351 e. The maximum absolute atomic E-state index is 4.89. The first-order valence-electron chi connectivity index (χ1n) is 8.84. The van der Waals surface area contributed by atoms with Crippen molar-refractivity contribution in [3.05, 3.63) is 28.5 Å². The van der Waals surface area contributed by atoms with Crippen LogP contribution < -0.4 is 9.80 Å². The topological polar surface area (TPSA) is 62.5 Å². The van der Waals surface area contributed by atoms with E-state index in [4.69, 9.17) is 4.98 Å². The van der Waals surface area contributed by atoms with Gasteiger partial charge in [0.15, 0.2) is 16.6 Å². The van der Waals surface area contributed by atoms with Crippen LogP contribution in [0.25, 0.3) is 5.65 Å². The Morgan fingerprint density at radius 2 is 2.00 bits per heavy atom. The van der Waals surface area contributed by atoms with Gasteiger partial charge in [0.1, 0.15) is 5.82 Å². The van der Waals surface area contributed by atoms with Crippen LogP contribution in [0.5, 0.6) is 0 Å². The van der Waals surface area contributed by atoms with Gasteiger partial charge in [0.2, 0.25) is 0 Å². The van der Waals surface area contributed by atoms with Crippen LogP contribution in [0.1, 0.15) is 29.2 Å². The second-order valence-corrected chi connectivity index (χ2v) is 8.01. The summed E-state index contributed by atoms with van der Waals surface area (Å²) in [6.45, 7) is 3.87. The molecule has 25 heavy (non-hydrogen) atoms. The molecule has 0 spiro atoms. The van der Waals surface area contributed by atoms with Gasteiger partial charge in [-0.05, 0) is 44.7 Å². The van der Waals surface area contributed by atoms with Gasteiger partial charge in [-0.2, -0.15) is 4.52 Å². The number of fused-ring (bicyclic) bond motifs is 2. The van der Waals surface area contributed by atoms with E-state index in [2.05, 4.69) is 32.1 Å². The lowest BCUT2D eigenvalue weighted by molar-refractivity contribution is 0.488. The molecule has 0 atom stereocenters. The minimum Gasteiger partial charge on any atom is -0.351 e. The van der Waals surface area contributed by atoms with Crippen molar-refractivity contribution >= 4 is 27.9 Å². The predicted molar refractivity (Wildman–Crippen MR) is 98.7 cm³/mol. The van der Waals surface area contributed by atoms with Crippen molar-refractivity contribution in [2.45, 2.75) is 38.6 Å². The molecule has 0 bridgehead atoms. The monoisotopic (exact) mass is 355 g/mol. The number of thiazole rings is 1. The molecule has 130 valence electrons. The molecule has 8 heteroatoms. The Hall–Kier alpha value is -2.22. The molecule has 3 aromatic rings. The summed E-state index contributed by atoms with van der Waals surface area (Å²) in [6.07, 6.45) is 4.96. The number of anilines is 2. The fourth-order valence-electron chi connectivity index (χ4n) is 3.59. The normalized spacial score (nSPS) is 17.6. The number of hydrogen-bond acceptors (Lipinski definition) is 7. The molecular formula is C17H21N7S. The van der Waals surface area contributed by atoms with Gasteiger partial charge in [0.25, 0.3) is 0 Å². The highest BCUT2D eigenvalue weighted by Crippen LogP contribution is 2.33. The summed E-state index contributed by atoms with van der Waals surface area (Å²) in [5.41, 5.74) is 2.13. The van der Waals surface area contributed by atoms with Crippen LogP contribution in [0.4, 0.5) is 10.9 Å². The van der Waals surface area contributed by atoms with Gasteiger partial charge in [-0.25, -0.2) is 4.98 Å². The Balaban J connectivity index is 1.30. The maximum Gasteiger partial charge on any atom is 0.185 e. The molecule has 5 rings (SSSR count). The number of likely N-dealkylation sites (N-methyl/N-ethyl adjacent to an activating group) is 1. The summed E-state index contributed by atoms with van der Waals surface area (Å²) in [6, 6.07) is 4.50. The zero-order valence-corrected chi connectivity index (χ0v) is 15.3. The van der Waals surface area contributed by atoms with Gasteiger partial charge in [0.05, 0.1) is 11.7 Å². The van der Waals surface area contributed by atoms with Gasteiger partial charge in [-0.1, -0.05) is 0 Å². The Morgan fingerprint density at radius 1 is 1.16 bits per heavy atom. The first-order valence-corrected chi connectivity index (χ1v) is 9.66. The average Bonchev–Trinajstić information content (AvgIpc) is 3.17. The predicted octanol–water partition coefficient (Wildman–Crippen LogP) is 2.09. The van der Waals surface area contributed by atoms with Crippen LogP contribution in [0, 0.1) is 6.92 Å².